The Labute approximate surface area is 258 Å². The zero-order valence-corrected chi connectivity index (χ0v) is 25.7. The molecular weight excluding hydrogens is 554 g/mol. The number of ether oxygens (including phenoxy) is 2. The monoisotopic (exact) mass is 593 g/mol. The Morgan fingerprint density at radius 2 is 1.64 bits per heavy atom. The lowest BCUT2D eigenvalue weighted by molar-refractivity contribution is -0.119. The first-order chi connectivity index (χ1) is 21.0. The van der Waals surface area contributed by atoms with Gasteiger partial charge < -0.3 is 20.5 Å². The average Bonchev–Trinajstić information content (AvgIpc) is 3.81. The first kappa shape index (κ1) is 30.7. The predicted octanol–water partition coefficient (Wildman–Crippen LogP) is 5.26. The van der Waals surface area contributed by atoms with Gasteiger partial charge in [-0.15, -0.1) is 0 Å². The standard InChI is InChI=1S/C35H39N5O4/c1-23(36)38-34(42)32(19-24-5-10-28(11-6-24)43-18-17-40-15-16-40)39-33(41)31-21-26-20-30(12-7-25(26)22-37-31)44-29-13-8-27(9-14-29)35(2,3)4/h5-14,20-22,32H,15-19H2,1-4H3,(H,39,41)(H2,36,38,42)/t32-/m0/s1. The molecule has 0 spiro atoms. The van der Waals surface area contributed by atoms with Gasteiger partial charge in [-0.05, 0) is 77.4 Å². The molecule has 1 aromatic heterocycles. The second-order valence-corrected chi connectivity index (χ2v) is 12.1. The highest BCUT2D eigenvalue weighted by Gasteiger charge is 2.23. The number of amidine groups is 1. The van der Waals surface area contributed by atoms with Crippen LogP contribution in [0.1, 0.15) is 49.3 Å². The molecule has 9 heteroatoms. The number of aliphatic imine (C=N–C) groups is 1. The minimum atomic E-state index is -0.932. The van der Waals surface area contributed by atoms with Gasteiger partial charge in [-0.3, -0.25) is 19.5 Å². The Bertz CT molecular complexity index is 1650. The zero-order chi connectivity index (χ0) is 31.3. The van der Waals surface area contributed by atoms with E-state index < -0.39 is 17.9 Å². The molecule has 0 unspecified atom stereocenters. The molecule has 1 atom stereocenters. The Morgan fingerprint density at radius 3 is 2.30 bits per heavy atom. The van der Waals surface area contributed by atoms with E-state index in [1.807, 2.05) is 54.6 Å². The number of carbonyl (C=O) groups excluding carboxylic acids is 2. The van der Waals surface area contributed by atoms with Crippen LogP contribution < -0.4 is 20.5 Å². The molecule has 0 radical (unpaired) electrons. The van der Waals surface area contributed by atoms with E-state index in [1.54, 1.807) is 12.3 Å². The molecule has 5 rings (SSSR count). The van der Waals surface area contributed by atoms with Crippen LogP contribution in [-0.4, -0.2) is 59.8 Å². The van der Waals surface area contributed by atoms with Crippen molar-refractivity contribution in [3.63, 3.8) is 0 Å². The van der Waals surface area contributed by atoms with E-state index in [9.17, 15) is 9.59 Å². The minimum Gasteiger partial charge on any atom is -0.492 e. The third kappa shape index (κ3) is 8.41. The van der Waals surface area contributed by atoms with Crippen LogP contribution in [-0.2, 0) is 16.6 Å². The summed E-state index contributed by atoms with van der Waals surface area (Å²) in [4.78, 5) is 36.8. The fourth-order valence-corrected chi connectivity index (χ4v) is 4.69. The largest absolute Gasteiger partial charge is 0.492 e. The van der Waals surface area contributed by atoms with Crippen LogP contribution in [0.25, 0.3) is 10.8 Å². The number of amides is 2. The number of fused-ring (bicyclic) bond motifs is 1. The molecule has 3 aromatic carbocycles. The molecule has 228 valence electrons. The first-order valence-electron chi connectivity index (χ1n) is 14.8. The number of pyridine rings is 1. The molecule has 4 aromatic rings. The van der Waals surface area contributed by atoms with Crippen molar-refractivity contribution in [1.82, 2.24) is 15.2 Å². The third-order valence-corrected chi connectivity index (χ3v) is 7.35. The number of nitrogens with two attached hydrogens (primary N) is 1. The molecule has 9 nitrogen and oxygen atoms in total. The highest BCUT2D eigenvalue weighted by atomic mass is 16.5. The lowest BCUT2D eigenvalue weighted by atomic mass is 9.87. The Morgan fingerprint density at radius 1 is 0.955 bits per heavy atom. The number of nitrogens with one attached hydrogen (secondary N) is 1. The van der Waals surface area contributed by atoms with Gasteiger partial charge in [-0.2, -0.15) is 4.99 Å². The van der Waals surface area contributed by atoms with Gasteiger partial charge in [0.25, 0.3) is 11.8 Å². The molecule has 1 aliphatic rings. The van der Waals surface area contributed by atoms with E-state index in [2.05, 4.69) is 53.1 Å². The molecule has 2 heterocycles. The lowest BCUT2D eigenvalue weighted by Gasteiger charge is -2.19. The smallest absolute Gasteiger partial charge is 0.270 e. The maximum atomic E-state index is 13.3. The van der Waals surface area contributed by atoms with Crippen LogP contribution in [0.2, 0.25) is 0 Å². The van der Waals surface area contributed by atoms with Crippen LogP contribution in [0, 0.1) is 0 Å². The molecule has 0 aliphatic carbocycles. The number of benzene rings is 3. The lowest BCUT2D eigenvalue weighted by Crippen LogP contribution is -2.42. The fourth-order valence-electron chi connectivity index (χ4n) is 4.69. The third-order valence-electron chi connectivity index (χ3n) is 7.35. The number of hydrogen-bond acceptors (Lipinski definition) is 6. The second-order valence-electron chi connectivity index (χ2n) is 12.1. The van der Waals surface area contributed by atoms with Gasteiger partial charge in [0.05, 0.1) is 5.84 Å². The highest BCUT2D eigenvalue weighted by Crippen LogP contribution is 2.29. The minimum absolute atomic E-state index is 0.0531. The van der Waals surface area contributed by atoms with Crippen LogP contribution in [0.5, 0.6) is 17.2 Å². The second kappa shape index (κ2) is 13.3. The van der Waals surface area contributed by atoms with Gasteiger partial charge in [0.2, 0.25) is 0 Å². The summed E-state index contributed by atoms with van der Waals surface area (Å²) in [6, 6.07) is 21.9. The van der Waals surface area contributed by atoms with Gasteiger partial charge in [-0.1, -0.05) is 45.0 Å². The first-order valence-corrected chi connectivity index (χ1v) is 14.8. The van der Waals surface area contributed by atoms with Crippen LogP contribution >= 0.6 is 0 Å². The van der Waals surface area contributed by atoms with Crippen molar-refractivity contribution in [3.05, 3.63) is 95.8 Å². The summed E-state index contributed by atoms with van der Waals surface area (Å²) >= 11 is 0. The predicted molar refractivity (Wildman–Crippen MR) is 173 cm³/mol. The van der Waals surface area contributed by atoms with Gasteiger partial charge in [0, 0.05) is 37.6 Å². The SMILES string of the molecule is CC(N)=NC(=O)[C@H](Cc1ccc(OCCN2CC2)cc1)NC(=O)c1cc2cc(Oc3ccc(C(C)(C)C)cc3)ccc2cn1. The molecule has 44 heavy (non-hydrogen) atoms. The Balaban J connectivity index is 1.28. The fraction of sp³-hybridized carbons (Fsp3) is 0.314. The van der Waals surface area contributed by atoms with E-state index >= 15 is 0 Å². The molecule has 0 saturated carbocycles. The van der Waals surface area contributed by atoms with Gasteiger partial charge >= 0.3 is 0 Å². The zero-order valence-electron chi connectivity index (χ0n) is 25.7. The van der Waals surface area contributed by atoms with E-state index in [0.29, 0.717) is 12.4 Å². The molecule has 1 fully saturated rings. The summed E-state index contributed by atoms with van der Waals surface area (Å²) in [6.07, 6.45) is 1.86. The Hall–Kier alpha value is -4.76. The summed E-state index contributed by atoms with van der Waals surface area (Å²) in [5, 5.41) is 4.44. The molecule has 1 aliphatic heterocycles. The number of carbonyl (C=O) groups is 2. The van der Waals surface area contributed by atoms with Crippen molar-refractivity contribution in [2.45, 2.75) is 45.6 Å². The van der Waals surface area contributed by atoms with Crippen molar-refractivity contribution in [2.24, 2.45) is 10.7 Å². The summed E-state index contributed by atoms with van der Waals surface area (Å²) in [5.41, 5.74) is 7.98. The Kier molecular flexibility index (Phi) is 9.25. The number of rotatable bonds is 11. The van der Waals surface area contributed by atoms with Crippen LogP contribution in [0.15, 0.2) is 84.0 Å². The van der Waals surface area contributed by atoms with Crippen molar-refractivity contribution in [3.8, 4) is 17.2 Å². The van der Waals surface area contributed by atoms with Gasteiger partial charge in [0.1, 0.15) is 35.6 Å². The average molecular weight is 594 g/mol. The molecule has 2 amide bonds. The van der Waals surface area contributed by atoms with E-state index in [-0.39, 0.29) is 23.4 Å². The summed E-state index contributed by atoms with van der Waals surface area (Å²) < 4.78 is 11.9. The van der Waals surface area contributed by atoms with Crippen LogP contribution in [0.3, 0.4) is 0 Å². The number of nitrogens with zero attached hydrogens (tertiary/aromatic N) is 3. The molecule has 0 bridgehead atoms. The van der Waals surface area contributed by atoms with Crippen molar-refractivity contribution in [2.75, 3.05) is 26.2 Å². The van der Waals surface area contributed by atoms with E-state index in [0.717, 1.165) is 47.5 Å². The molecule has 3 N–H and O–H groups in total. The van der Waals surface area contributed by atoms with Gasteiger partial charge in [0.15, 0.2) is 0 Å². The number of aromatic nitrogens is 1. The number of hydrogen-bond donors (Lipinski definition) is 2. The van der Waals surface area contributed by atoms with Crippen molar-refractivity contribution in [1.29, 1.82) is 0 Å². The quantitative estimate of drug-likeness (QED) is 0.138. The molecule has 1 saturated heterocycles. The van der Waals surface area contributed by atoms with Crippen LogP contribution in [0.4, 0.5) is 0 Å². The summed E-state index contributed by atoms with van der Waals surface area (Å²) in [5.74, 6) is 1.20. The van der Waals surface area contributed by atoms with Crippen molar-refractivity contribution < 1.29 is 19.1 Å². The summed E-state index contributed by atoms with van der Waals surface area (Å²) in [7, 11) is 0. The maximum absolute atomic E-state index is 13.3. The van der Waals surface area contributed by atoms with E-state index in [1.165, 1.54) is 12.5 Å². The normalized spacial score (nSPS) is 14.2. The summed E-state index contributed by atoms with van der Waals surface area (Å²) in [6.45, 7) is 11.8. The highest BCUT2D eigenvalue weighted by molar-refractivity contribution is 6.01. The van der Waals surface area contributed by atoms with E-state index in [4.69, 9.17) is 15.2 Å². The molecular formula is C35H39N5O4. The van der Waals surface area contributed by atoms with Gasteiger partial charge in [-0.25, -0.2) is 0 Å². The topological polar surface area (TPSA) is 119 Å². The van der Waals surface area contributed by atoms with Crippen molar-refractivity contribution >= 4 is 28.4 Å². The maximum Gasteiger partial charge on any atom is 0.270 e.